The minimum atomic E-state index is 1.16. The molecule has 0 aromatic rings. The molecule has 0 saturated heterocycles. The van der Waals surface area contributed by atoms with Gasteiger partial charge in [0.05, 0.1) is 0 Å². The first-order valence-corrected chi connectivity index (χ1v) is 5.05. The lowest BCUT2D eigenvalue weighted by Crippen LogP contribution is -1.70. The molecule has 69 valence electrons. The monoisotopic (exact) mass is 165 g/mol. The SMILES string of the molecule is CCC=CCC[CH]C=CCCC. The van der Waals surface area contributed by atoms with Gasteiger partial charge in [-0.2, -0.15) is 0 Å². The van der Waals surface area contributed by atoms with Gasteiger partial charge in [0.15, 0.2) is 0 Å². The van der Waals surface area contributed by atoms with Gasteiger partial charge in [-0.3, -0.25) is 0 Å². The van der Waals surface area contributed by atoms with Gasteiger partial charge < -0.3 is 0 Å². The third kappa shape index (κ3) is 9.48. The zero-order chi connectivity index (χ0) is 9.07. The molecule has 0 aliphatic carbocycles. The van der Waals surface area contributed by atoms with Gasteiger partial charge in [0.2, 0.25) is 0 Å². The Morgan fingerprint density at radius 1 is 0.833 bits per heavy atom. The smallest absolute Gasteiger partial charge is 0.0167 e. The number of unbranched alkanes of at least 4 members (excludes halogenated alkanes) is 3. The first-order valence-electron chi connectivity index (χ1n) is 5.05. The average Bonchev–Trinajstić information content (AvgIpc) is 2.10. The van der Waals surface area contributed by atoms with E-state index in [4.69, 9.17) is 0 Å². The zero-order valence-electron chi connectivity index (χ0n) is 8.42. The molecule has 1 radical (unpaired) electrons. The molecule has 12 heavy (non-hydrogen) atoms. The summed E-state index contributed by atoms with van der Waals surface area (Å²) in [7, 11) is 0. The first kappa shape index (κ1) is 11.5. The maximum absolute atomic E-state index is 2.25. The van der Waals surface area contributed by atoms with Crippen molar-refractivity contribution in [3.05, 3.63) is 30.7 Å². The van der Waals surface area contributed by atoms with E-state index in [1.54, 1.807) is 0 Å². The van der Waals surface area contributed by atoms with E-state index in [1.165, 1.54) is 25.7 Å². The molecule has 0 atom stereocenters. The second-order valence-electron chi connectivity index (χ2n) is 2.91. The summed E-state index contributed by atoms with van der Waals surface area (Å²) < 4.78 is 0. The van der Waals surface area contributed by atoms with Crippen LogP contribution in [-0.2, 0) is 0 Å². The van der Waals surface area contributed by atoms with Crippen LogP contribution in [0, 0.1) is 6.42 Å². The molecule has 0 aliphatic heterocycles. The van der Waals surface area contributed by atoms with Crippen molar-refractivity contribution in [1.82, 2.24) is 0 Å². The number of rotatable bonds is 7. The highest BCUT2D eigenvalue weighted by Crippen LogP contribution is 1.98. The van der Waals surface area contributed by atoms with Crippen molar-refractivity contribution in [2.75, 3.05) is 0 Å². The van der Waals surface area contributed by atoms with Crippen LogP contribution in [0.25, 0.3) is 0 Å². The molecule has 0 rings (SSSR count). The highest BCUT2D eigenvalue weighted by Gasteiger charge is 1.80. The van der Waals surface area contributed by atoms with E-state index in [9.17, 15) is 0 Å². The van der Waals surface area contributed by atoms with E-state index in [1.807, 2.05) is 0 Å². The lowest BCUT2D eigenvalue weighted by atomic mass is 10.2. The van der Waals surface area contributed by atoms with Crippen LogP contribution in [0.3, 0.4) is 0 Å². The Bertz CT molecular complexity index is 120. The molecule has 0 unspecified atom stereocenters. The lowest BCUT2D eigenvalue weighted by molar-refractivity contribution is 0.948. The van der Waals surface area contributed by atoms with Gasteiger partial charge in [-0.05, 0) is 32.1 Å². The Balaban J connectivity index is 3.04. The Morgan fingerprint density at radius 2 is 1.67 bits per heavy atom. The van der Waals surface area contributed by atoms with Gasteiger partial charge in [-0.1, -0.05) is 44.6 Å². The Kier molecular flexibility index (Phi) is 10.0. The normalized spacial score (nSPS) is 11.8. The predicted molar refractivity (Wildman–Crippen MR) is 57.0 cm³/mol. The van der Waals surface area contributed by atoms with Crippen LogP contribution in [0.5, 0.6) is 0 Å². The van der Waals surface area contributed by atoms with E-state index >= 15 is 0 Å². The molecule has 0 fully saturated rings. The molecule has 0 amide bonds. The summed E-state index contributed by atoms with van der Waals surface area (Å²) in [5.74, 6) is 0. The van der Waals surface area contributed by atoms with Crippen LogP contribution in [0.4, 0.5) is 0 Å². The van der Waals surface area contributed by atoms with Crippen molar-refractivity contribution in [3.8, 4) is 0 Å². The quantitative estimate of drug-likeness (QED) is 0.390. The second kappa shape index (κ2) is 10.5. The molecule has 0 N–H and O–H groups in total. The predicted octanol–water partition coefficient (Wildman–Crippen LogP) is 4.29. The van der Waals surface area contributed by atoms with Crippen molar-refractivity contribution in [3.63, 3.8) is 0 Å². The van der Waals surface area contributed by atoms with Crippen molar-refractivity contribution in [1.29, 1.82) is 0 Å². The number of hydrogen-bond donors (Lipinski definition) is 0. The Morgan fingerprint density at radius 3 is 2.33 bits per heavy atom. The molecule has 0 aliphatic rings. The highest BCUT2D eigenvalue weighted by atomic mass is 13.9. The number of hydrogen-bond acceptors (Lipinski definition) is 0. The maximum atomic E-state index is 2.25. The van der Waals surface area contributed by atoms with Gasteiger partial charge in [0.25, 0.3) is 0 Å². The van der Waals surface area contributed by atoms with E-state index in [-0.39, 0.29) is 0 Å². The standard InChI is InChI=1S/C12H21/c1-3-5-7-9-11-12-10-8-6-4-2/h5,7-8,10,12H,3-4,6,9,11H2,1-2H3. The number of allylic oxidation sites excluding steroid dienone is 4. The molecule has 0 aromatic carbocycles. The minimum absolute atomic E-state index is 1.16. The van der Waals surface area contributed by atoms with Gasteiger partial charge in [-0.25, -0.2) is 0 Å². The fraction of sp³-hybridized carbons (Fsp3) is 0.583. The van der Waals surface area contributed by atoms with E-state index < -0.39 is 0 Å². The van der Waals surface area contributed by atoms with Crippen molar-refractivity contribution < 1.29 is 0 Å². The fourth-order valence-corrected chi connectivity index (χ4v) is 0.932. The van der Waals surface area contributed by atoms with Gasteiger partial charge >= 0.3 is 0 Å². The molecule has 0 saturated carbocycles. The molecule has 0 aromatic heterocycles. The molecule has 0 bridgehead atoms. The summed E-state index contributed by atoms with van der Waals surface area (Å²) in [6.45, 7) is 4.37. The summed E-state index contributed by atoms with van der Waals surface area (Å²) in [5, 5.41) is 0. The molecular weight excluding hydrogens is 144 g/mol. The summed E-state index contributed by atoms with van der Waals surface area (Å²) >= 11 is 0. The van der Waals surface area contributed by atoms with Crippen LogP contribution in [0.15, 0.2) is 24.3 Å². The van der Waals surface area contributed by atoms with Crippen molar-refractivity contribution >= 4 is 0 Å². The third-order valence-corrected chi connectivity index (χ3v) is 1.63. The Hall–Kier alpha value is -0.520. The third-order valence-electron chi connectivity index (χ3n) is 1.63. The van der Waals surface area contributed by atoms with Crippen molar-refractivity contribution in [2.45, 2.75) is 46.0 Å². The van der Waals surface area contributed by atoms with E-state index in [0.717, 1.165) is 6.42 Å². The fourth-order valence-electron chi connectivity index (χ4n) is 0.932. The van der Waals surface area contributed by atoms with Gasteiger partial charge in [0.1, 0.15) is 0 Å². The summed E-state index contributed by atoms with van der Waals surface area (Å²) in [6, 6.07) is 0. The van der Waals surface area contributed by atoms with Crippen molar-refractivity contribution in [2.24, 2.45) is 0 Å². The maximum Gasteiger partial charge on any atom is -0.0167 e. The molecule has 0 heterocycles. The van der Waals surface area contributed by atoms with Gasteiger partial charge in [0, 0.05) is 0 Å². The van der Waals surface area contributed by atoms with Crippen LogP contribution in [0.1, 0.15) is 46.0 Å². The van der Waals surface area contributed by atoms with Crippen LogP contribution in [-0.4, -0.2) is 0 Å². The van der Waals surface area contributed by atoms with Crippen LogP contribution in [0.2, 0.25) is 0 Å². The molecule has 0 spiro atoms. The lowest BCUT2D eigenvalue weighted by Gasteiger charge is -1.89. The summed E-state index contributed by atoms with van der Waals surface area (Å²) in [4.78, 5) is 0. The average molecular weight is 165 g/mol. The first-order chi connectivity index (χ1) is 5.91. The van der Waals surface area contributed by atoms with Gasteiger partial charge in [-0.15, -0.1) is 0 Å². The second-order valence-corrected chi connectivity index (χ2v) is 2.91. The largest absolute Gasteiger partial charge is 0.0888 e. The minimum Gasteiger partial charge on any atom is -0.0888 e. The highest BCUT2D eigenvalue weighted by molar-refractivity contribution is 4.95. The van der Waals surface area contributed by atoms with Crippen LogP contribution >= 0.6 is 0 Å². The zero-order valence-corrected chi connectivity index (χ0v) is 8.42. The van der Waals surface area contributed by atoms with Crippen LogP contribution < -0.4 is 0 Å². The molecular formula is C12H21. The summed E-state index contributed by atoms with van der Waals surface area (Å²) in [5.41, 5.74) is 0. The van der Waals surface area contributed by atoms with E-state index in [0.29, 0.717) is 0 Å². The Labute approximate surface area is 77.4 Å². The van der Waals surface area contributed by atoms with E-state index in [2.05, 4.69) is 44.6 Å². The molecule has 0 nitrogen and oxygen atoms in total. The summed E-state index contributed by atoms with van der Waals surface area (Å²) in [6.07, 6.45) is 17.1. The topological polar surface area (TPSA) is 0 Å². The molecule has 0 heteroatoms.